The van der Waals surface area contributed by atoms with Crippen LogP contribution < -0.4 is 10.9 Å². The van der Waals surface area contributed by atoms with Gasteiger partial charge in [-0.25, -0.2) is 4.99 Å². The van der Waals surface area contributed by atoms with Gasteiger partial charge in [0.2, 0.25) is 0 Å². The monoisotopic (exact) mass is 577 g/mol. The Balaban J connectivity index is 1.47. The number of rotatable bonds is 5. The van der Waals surface area contributed by atoms with E-state index >= 15 is 0 Å². The summed E-state index contributed by atoms with van der Waals surface area (Å²) in [5, 5.41) is 0. The highest BCUT2D eigenvalue weighted by atomic mass is 19.4. The van der Waals surface area contributed by atoms with Crippen LogP contribution in [0.25, 0.3) is 0 Å². The molecule has 10 heteroatoms. The Bertz CT molecular complexity index is 1430. The summed E-state index contributed by atoms with van der Waals surface area (Å²) in [7, 11) is -1.04. The molecule has 0 N–H and O–H groups in total. The molecule has 2 heterocycles. The number of aliphatic imine (C=N–C) groups is 1. The molecule has 2 saturated heterocycles. The van der Waals surface area contributed by atoms with Gasteiger partial charge in [0, 0.05) is 11.1 Å². The van der Waals surface area contributed by atoms with Crippen LogP contribution in [0.2, 0.25) is 0 Å². The van der Waals surface area contributed by atoms with E-state index in [9.17, 15) is 13.2 Å². The summed E-state index contributed by atoms with van der Waals surface area (Å²) >= 11 is 0. The number of hydrogen-bond acceptors (Lipinski definition) is 5. The van der Waals surface area contributed by atoms with Gasteiger partial charge in [-0.1, -0.05) is 48.5 Å². The van der Waals surface area contributed by atoms with Crippen molar-refractivity contribution in [2.24, 2.45) is 4.99 Å². The first-order valence-electron chi connectivity index (χ1n) is 14.1. The highest BCUT2D eigenvalue weighted by molar-refractivity contribution is 6.62. The third-order valence-corrected chi connectivity index (χ3v) is 8.85. The van der Waals surface area contributed by atoms with Gasteiger partial charge in [-0.15, -0.1) is 0 Å². The summed E-state index contributed by atoms with van der Waals surface area (Å²) in [5.74, 6) is 0. The van der Waals surface area contributed by atoms with Crippen molar-refractivity contribution in [3.8, 4) is 0 Å². The smallest absolute Gasteiger partial charge is 0.399 e. The van der Waals surface area contributed by atoms with Crippen LogP contribution in [0, 0.1) is 0 Å². The highest BCUT2D eigenvalue weighted by Crippen LogP contribution is 2.38. The third kappa shape index (κ3) is 5.82. The molecule has 5 nitrogen and oxygen atoms in total. The van der Waals surface area contributed by atoms with Gasteiger partial charge < -0.3 is 18.6 Å². The molecule has 3 aromatic rings. The zero-order valence-corrected chi connectivity index (χ0v) is 25.3. The summed E-state index contributed by atoms with van der Waals surface area (Å²) in [5.41, 5.74) is 1.58. The van der Waals surface area contributed by atoms with E-state index in [1.54, 1.807) is 0 Å². The normalized spacial score (nSPS) is 21.2. The molecule has 2 fully saturated rings. The van der Waals surface area contributed by atoms with Crippen molar-refractivity contribution in [2.75, 3.05) is 0 Å². The molecule has 42 heavy (non-hydrogen) atoms. The topological polar surface area (TPSA) is 49.3 Å². The van der Waals surface area contributed by atoms with E-state index in [-0.39, 0.29) is 0 Å². The SMILES string of the molecule is CC1(C)OB(c2ccc(N=C(c3ccc(B4OC(C)(C)C(C)(C)O4)cc3)c3ccc(C(F)(F)F)cc3)cc2)OC1(C)C. The maximum atomic E-state index is 13.3. The lowest BCUT2D eigenvalue weighted by molar-refractivity contribution is -0.137. The summed E-state index contributed by atoms with van der Waals surface area (Å²) in [6, 6.07) is 20.1. The Hall–Kier alpha value is -2.91. The number of alkyl halides is 3. The molecule has 0 saturated carbocycles. The molecule has 5 rings (SSSR count). The van der Waals surface area contributed by atoms with E-state index in [0.29, 0.717) is 17.0 Å². The third-order valence-electron chi connectivity index (χ3n) is 8.85. The molecular weight excluding hydrogens is 541 g/mol. The maximum Gasteiger partial charge on any atom is 0.494 e. The lowest BCUT2D eigenvalue weighted by Crippen LogP contribution is -2.41. The first kappa shape index (κ1) is 30.5. The average molecular weight is 577 g/mol. The van der Waals surface area contributed by atoms with Crippen molar-refractivity contribution in [3.63, 3.8) is 0 Å². The van der Waals surface area contributed by atoms with Gasteiger partial charge in [0.1, 0.15) is 0 Å². The second-order valence-electron chi connectivity index (χ2n) is 12.9. The van der Waals surface area contributed by atoms with Crippen molar-refractivity contribution in [2.45, 2.75) is 84.0 Å². The van der Waals surface area contributed by atoms with E-state index < -0.39 is 48.4 Å². The summed E-state index contributed by atoms with van der Waals surface area (Å²) < 4.78 is 64.5. The molecule has 0 atom stereocenters. The summed E-state index contributed by atoms with van der Waals surface area (Å²) in [6.07, 6.45) is -4.43. The van der Waals surface area contributed by atoms with E-state index in [1.165, 1.54) is 12.1 Å². The van der Waals surface area contributed by atoms with E-state index in [2.05, 4.69) is 0 Å². The fraction of sp³-hybridized carbons (Fsp3) is 0.406. The molecule has 2 aliphatic heterocycles. The van der Waals surface area contributed by atoms with Gasteiger partial charge in [-0.3, -0.25) is 0 Å². The number of nitrogens with zero attached hydrogens (tertiary/aromatic N) is 1. The predicted octanol–water partition coefficient (Wildman–Crippen LogP) is 6.47. The summed E-state index contributed by atoms with van der Waals surface area (Å²) in [4.78, 5) is 4.88. The van der Waals surface area contributed by atoms with Crippen LogP contribution in [0.4, 0.5) is 18.9 Å². The molecule has 0 unspecified atom stereocenters. The van der Waals surface area contributed by atoms with Crippen LogP contribution >= 0.6 is 0 Å². The number of benzene rings is 3. The number of hydrogen-bond donors (Lipinski definition) is 0. The van der Waals surface area contributed by atoms with Crippen LogP contribution in [-0.2, 0) is 24.8 Å². The Labute approximate surface area is 246 Å². The van der Waals surface area contributed by atoms with Crippen molar-refractivity contribution in [1.82, 2.24) is 0 Å². The van der Waals surface area contributed by atoms with E-state index in [4.69, 9.17) is 23.6 Å². The van der Waals surface area contributed by atoms with Crippen molar-refractivity contribution in [3.05, 3.63) is 89.5 Å². The highest BCUT2D eigenvalue weighted by Gasteiger charge is 2.52. The van der Waals surface area contributed by atoms with Crippen LogP contribution in [0.5, 0.6) is 0 Å². The second-order valence-corrected chi connectivity index (χ2v) is 12.9. The van der Waals surface area contributed by atoms with Crippen LogP contribution in [0.3, 0.4) is 0 Å². The first-order chi connectivity index (χ1) is 19.4. The van der Waals surface area contributed by atoms with Crippen LogP contribution in [-0.4, -0.2) is 42.4 Å². The largest absolute Gasteiger partial charge is 0.494 e. The molecule has 0 spiro atoms. The van der Waals surface area contributed by atoms with Crippen LogP contribution in [0.1, 0.15) is 72.1 Å². The van der Waals surface area contributed by atoms with Crippen molar-refractivity contribution < 1.29 is 31.8 Å². The van der Waals surface area contributed by atoms with Gasteiger partial charge >= 0.3 is 20.4 Å². The molecule has 0 aromatic heterocycles. The molecular formula is C32H36B2F3NO4. The van der Waals surface area contributed by atoms with Crippen molar-refractivity contribution >= 4 is 36.6 Å². The Kier molecular flexibility index (Phi) is 7.54. The molecule has 220 valence electrons. The second kappa shape index (κ2) is 10.4. The minimum absolute atomic E-state index is 0.462. The molecule has 0 bridgehead atoms. The molecule has 3 aromatic carbocycles. The quantitative estimate of drug-likeness (QED) is 0.258. The fourth-order valence-corrected chi connectivity index (χ4v) is 4.70. The van der Waals surface area contributed by atoms with E-state index in [1.807, 2.05) is 104 Å². The fourth-order valence-electron chi connectivity index (χ4n) is 4.70. The minimum atomic E-state index is -4.43. The first-order valence-corrected chi connectivity index (χ1v) is 14.1. The van der Waals surface area contributed by atoms with Gasteiger partial charge in [0.25, 0.3) is 0 Å². The lowest BCUT2D eigenvalue weighted by Gasteiger charge is -2.32. The lowest BCUT2D eigenvalue weighted by atomic mass is 9.78. The Morgan fingerprint density at radius 3 is 1.24 bits per heavy atom. The van der Waals surface area contributed by atoms with E-state index in [0.717, 1.165) is 28.6 Å². The molecule has 0 amide bonds. The van der Waals surface area contributed by atoms with Crippen molar-refractivity contribution in [1.29, 1.82) is 0 Å². The van der Waals surface area contributed by atoms with Gasteiger partial charge in [0.05, 0.1) is 39.4 Å². The molecule has 0 radical (unpaired) electrons. The predicted molar refractivity (Wildman–Crippen MR) is 161 cm³/mol. The molecule has 0 aliphatic carbocycles. The number of halogens is 3. The van der Waals surface area contributed by atoms with Gasteiger partial charge in [-0.2, -0.15) is 13.2 Å². The Morgan fingerprint density at radius 2 is 0.881 bits per heavy atom. The minimum Gasteiger partial charge on any atom is -0.399 e. The van der Waals surface area contributed by atoms with Gasteiger partial charge in [-0.05, 0) is 90.6 Å². The molecule has 2 aliphatic rings. The Morgan fingerprint density at radius 1 is 0.548 bits per heavy atom. The zero-order chi connectivity index (χ0) is 30.7. The summed E-state index contributed by atoms with van der Waals surface area (Å²) in [6.45, 7) is 16.0. The standard InChI is InChI=1S/C32H36B2F3NO4/c1-28(2)29(3,4)40-33(39-28)24-15-11-22(12-16-24)27(21-9-13-23(14-10-21)32(35,36)37)38-26-19-17-25(18-20-26)34-41-30(5,6)31(7,8)42-34/h9-20H,1-8H3. The zero-order valence-electron chi connectivity index (χ0n) is 25.3. The average Bonchev–Trinajstić information content (AvgIpc) is 3.26. The van der Waals surface area contributed by atoms with Crippen LogP contribution in [0.15, 0.2) is 77.8 Å². The van der Waals surface area contributed by atoms with Gasteiger partial charge in [0.15, 0.2) is 0 Å². The maximum absolute atomic E-state index is 13.3.